The highest BCUT2D eigenvalue weighted by atomic mass is 32.2. The van der Waals surface area contributed by atoms with Crippen LogP contribution >= 0.6 is 23.5 Å². The van der Waals surface area contributed by atoms with Gasteiger partial charge in [-0.2, -0.15) is 8.75 Å². The van der Waals surface area contributed by atoms with Crippen LogP contribution in [0.15, 0.2) is 59.1 Å². The molecule has 9 nitrogen and oxygen atoms in total. The van der Waals surface area contributed by atoms with Crippen LogP contribution in [0, 0.1) is 10.1 Å². The zero-order valence-corrected chi connectivity index (χ0v) is 16.4. The molecule has 0 amide bonds. The van der Waals surface area contributed by atoms with E-state index in [1.165, 1.54) is 17.8 Å². The molecule has 11 heteroatoms. The topological polar surface area (TPSA) is 113 Å². The third-order valence-electron chi connectivity index (χ3n) is 4.39. The van der Waals surface area contributed by atoms with Crippen LogP contribution in [0.25, 0.3) is 33.1 Å². The van der Waals surface area contributed by atoms with E-state index in [1.807, 2.05) is 28.8 Å². The van der Waals surface area contributed by atoms with Crippen molar-refractivity contribution in [2.45, 2.75) is 16.6 Å². The van der Waals surface area contributed by atoms with Gasteiger partial charge in [-0.15, -0.1) is 16.8 Å². The molecule has 5 aromatic rings. The van der Waals surface area contributed by atoms with Gasteiger partial charge in [0, 0.05) is 22.9 Å². The van der Waals surface area contributed by atoms with Gasteiger partial charge in [-0.05, 0) is 23.9 Å². The Morgan fingerprint density at radius 3 is 2.90 bits per heavy atom. The number of rotatable bonds is 5. The maximum atomic E-state index is 11.4. The fourth-order valence-corrected chi connectivity index (χ4v) is 4.50. The highest BCUT2D eigenvalue weighted by Crippen LogP contribution is 2.34. The van der Waals surface area contributed by atoms with Crippen molar-refractivity contribution in [1.82, 2.24) is 28.5 Å². The minimum Gasteiger partial charge on any atom is -0.320 e. The predicted octanol–water partition coefficient (Wildman–Crippen LogP) is 4.23. The minimum absolute atomic E-state index is 0.0893. The Kier molecular flexibility index (Phi) is 4.18. The average molecular weight is 421 g/mol. The zero-order valence-electron chi connectivity index (χ0n) is 14.7. The summed E-state index contributed by atoms with van der Waals surface area (Å²) in [6.45, 7) is 4.40. The second-order valence-corrected chi connectivity index (χ2v) is 7.69. The third kappa shape index (κ3) is 2.91. The summed E-state index contributed by atoms with van der Waals surface area (Å²) in [5, 5.41) is 21.3. The number of nitro benzene ring substituents is 1. The Hall–Kier alpha value is -3.44. The highest BCUT2D eigenvalue weighted by molar-refractivity contribution is 7.99. The number of fused-ring (bicyclic) bond motifs is 4. The van der Waals surface area contributed by atoms with Crippen molar-refractivity contribution >= 4 is 62.3 Å². The largest absolute Gasteiger partial charge is 0.320 e. The van der Waals surface area contributed by atoms with Gasteiger partial charge in [0.15, 0.2) is 11.2 Å². The van der Waals surface area contributed by atoms with E-state index < -0.39 is 4.92 Å². The van der Waals surface area contributed by atoms with Crippen molar-refractivity contribution in [3.8, 4) is 0 Å². The first-order chi connectivity index (χ1) is 14.2. The first-order valence-corrected chi connectivity index (χ1v) is 10.0. The number of non-ortho nitro benzene ring substituents is 1. The molecule has 3 aromatic heterocycles. The van der Waals surface area contributed by atoms with Crippen LogP contribution in [0.5, 0.6) is 0 Å². The van der Waals surface area contributed by atoms with Crippen molar-refractivity contribution in [2.24, 2.45) is 0 Å². The number of allylic oxidation sites excluding steroid dienone is 1. The summed E-state index contributed by atoms with van der Waals surface area (Å²) in [4.78, 5) is 16.2. The van der Waals surface area contributed by atoms with Crippen LogP contribution in [0.4, 0.5) is 5.69 Å². The number of para-hydroxylation sites is 1. The lowest BCUT2D eigenvalue weighted by atomic mass is 10.2. The van der Waals surface area contributed by atoms with Gasteiger partial charge in [-0.3, -0.25) is 10.1 Å². The Morgan fingerprint density at radius 2 is 2.07 bits per heavy atom. The van der Waals surface area contributed by atoms with E-state index >= 15 is 0 Å². The molecule has 0 atom stereocenters. The molecule has 0 saturated carbocycles. The lowest BCUT2D eigenvalue weighted by Crippen LogP contribution is -1.99. The number of hydrogen-bond donors (Lipinski definition) is 0. The summed E-state index contributed by atoms with van der Waals surface area (Å²) >= 11 is 2.14. The van der Waals surface area contributed by atoms with Gasteiger partial charge in [0.1, 0.15) is 11.0 Å². The molecular formula is C18H11N7O2S2. The lowest BCUT2D eigenvalue weighted by molar-refractivity contribution is -0.383. The van der Waals surface area contributed by atoms with Gasteiger partial charge in [-0.1, -0.05) is 24.3 Å². The summed E-state index contributed by atoms with van der Waals surface area (Å²) in [7, 11) is 0. The fourth-order valence-electron chi connectivity index (χ4n) is 3.20. The smallest absolute Gasteiger partial charge is 0.299 e. The Balaban J connectivity index is 1.64. The summed E-state index contributed by atoms with van der Waals surface area (Å²) in [6.07, 6.45) is 1.80. The van der Waals surface area contributed by atoms with Crippen LogP contribution in [0.1, 0.15) is 0 Å². The molecule has 0 spiro atoms. The Morgan fingerprint density at radius 1 is 1.21 bits per heavy atom. The van der Waals surface area contributed by atoms with Gasteiger partial charge in [0.2, 0.25) is 5.16 Å². The maximum absolute atomic E-state index is 11.4. The van der Waals surface area contributed by atoms with Gasteiger partial charge < -0.3 is 4.57 Å². The number of hydrogen-bond acceptors (Lipinski definition) is 9. The zero-order chi connectivity index (χ0) is 20.0. The van der Waals surface area contributed by atoms with Crippen LogP contribution in [-0.4, -0.2) is 33.4 Å². The van der Waals surface area contributed by atoms with E-state index in [0.29, 0.717) is 33.3 Å². The van der Waals surface area contributed by atoms with Gasteiger partial charge in [0.25, 0.3) is 5.69 Å². The molecular weight excluding hydrogens is 410 g/mol. The van der Waals surface area contributed by atoms with Crippen molar-refractivity contribution in [1.29, 1.82) is 0 Å². The number of benzene rings is 2. The van der Waals surface area contributed by atoms with E-state index in [0.717, 1.165) is 22.6 Å². The third-order valence-corrected chi connectivity index (χ3v) is 5.76. The molecule has 0 N–H and O–H groups in total. The van der Waals surface area contributed by atoms with Crippen LogP contribution in [-0.2, 0) is 6.54 Å². The lowest BCUT2D eigenvalue weighted by Gasteiger charge is -2.04. The van der Waals surface area contributed by atoms with Gasteiger partial charge in [-0.25, -0.2) is 4.98 Å². The number of nitro groups is 1. The van der Waals surface area contributed by atoms with E-state index in [2.05, 4.69) is 30.5 Å². The molecule has 2 aromatic carbocycles. The molecule has 0 aliphatic carbocycles. The average Bonchev–Trinajstić information content (AvgIpc) is 3.31. The quantitative estimate of drug-likeness (QED) is 0.235. The van der Waals surface area contributed by atoms with Crippen LogP contribution in [0.2, 0.25) is 0 Å². The SMILES string of the molecule is C=CCn1c2ccccc2c2nnc(Sc3cc([N+](=O)[O-])c4nsnc4c3)nc21. The van der Waals surface area contributed by atoms with Gasteiger partial charge >= 0.3 is 0 Å². The van der Waals surface area contributed by atoms with E-state index in [4.69, 9.17) is 0 Å². The number of aromatic nitrogens is 6. The van der Waals surface area contributed by atoms with Crippen LogP contribution < -0.4 is 0 Å². The molecule has 0 aliphatic rings. The maximum Gasteiger partial charge on any atom is 0.299 e. The molecule has 0 saturated heterocycles. The molecule has 5 rings (SSSR count). The molecule has 3 heterocycles. The molecule has 29 heavy (non-hydrogen) atoms. The normalized spacial score (nSPS) is 11.4. The molecule has 0 radical (unpaired) electrons. The van der Waals surface area contributed by atoms with E-state index in [1.54, 1.807) is 12.1 Å². The molecule has 142 valence electrons. The molecule has 0 aliphatic heterocycles. The van der Waals surface area contributed by atoms with E-state index in [-0.39, 0.29) is 11.2 Å². The summed E-state index contributed by atoms with van der Waals surface area (Å²) in [5.41, 5.74) is 3.06. The Bertz CT molecular complexity index is 1430. The summed E-state index contributed by atoms with van der Waals surface area (Å²) in [6, 6.07) is 11.1. The van der Waals surface area contributed by atoms with Gasteiger partial charge in [0.05, 0.1) is 22.2 Å². The first-order valence-electron chi connectivity index (χ1n) is 8.47. The minimum atomic E-state index is -0.460. The van der Waals surface area contributed by atoms with Crippen molar-refractivity contribution < 1.29 is 4.92 Å². The first kappa shape index (κ1) is 17.6. The monoisotopic (exact) mass is 421 g/mol. The van der Waals surface area contributed by atoms with Crippen molar-refractivity contribution in [3.63, 3.8) is 0 Å². The molecule has 0 unspecified atom stereocenters. The highest BCUT2D eigenvalue weighted by Gasteiger charge is 2.19. The summed E-state index contributed by atoms with van der Waals surface area (Å²) < 4.78 is 10.2. The molecule has 0 bridgehead atoms. The van der Waals surface area contributed by atoms with Crippen molar-refractivity contribution in [3.05, 3.63) is 59.2 Å². The number of nitrogens with zero attached hydrogens (tertiary/aromatic N) is 7. The molecule has 0 fully saturated rings. The second kappa shape index (κ2) is 6.87. The standard InChI is InChI=1S/C18H11N7O2S2/c1-2-7-24-13-6-4-3-5-11(13)15-17(24)19-18(21-20-15)28-10-8-12-16(23-29-22-12)14(9-10)25(26)27/h2-6,8-9H,1,7H2. The fraction of sp³-hybridized carbons (Fsp3) is 0.0556. The summed E-state index contributed by atoms with van der Waals surface area (Å²) in [5.74, 6) is 0. The van der Waals surface area contributed by atoms with E-state index in [9.17, 15) is 10.1 Å². The second-order valence-electron chi connectivity index (χ2n) is 6.12. The van der Waals surface area contributed by atoms with Crippen LogP contribution in [0.3, 0.4) is 0 Å². The predicted molar refractivity (Wildman–Crippen MR) is 111 cm³/mol. The Labute approximate surface area is 171 Å². The van der Waals surface area contributed by atoms with Crippen molar-refractivity contribution in [2.75, 3.05) is 0 Å².